The topological polar surface area (TPSA) is 64.6 Å². The van der Waals surface area contributed by atoms with Gasteiger partial charge in [0, 0.05) is 29.3 Å². The molecule has 34 heavy (non-hydrogen) atoms. The second-order valence-electron chi connectivity index (χ2n) is 9.68. The number of carbonyl (C=O) groups is 2. The Morgan fingerprint density at radius 3 is 2.50 bits per heavy atom. The van der Waals surface area contributed by atoms with Crippen LogP contribution in [0.4, 0.5) is 5.69 Å². The van der Waals surface area contributed by atoms with E-state index < -0.39 is 11.3 Å². The van der Waals surface area contributed by atoms with Crippen LogP contribution < -0.4 is 10.1 Å². The second-order valence-corrected chi connectivity index (χ2v) is 9.68. The zero-order valence-corrected chi connectivity index (χ0v) is 20.0. The van der Waals surface area contributed by atoms with Gasteiger partial charge in [-0.3, -0.25) is 9.59 Å². The summed E-state index contributed by atoms with van der Waals surface area (Å²) in [5.41, 5.74) is 3.71. The highest BCUT2D eigenvalue weighted by molar-refractivity contribution is 6.06. The van der Waals surface area contributed by atoms with Gasteiger partial charge in [-0.25, -0.2) is 0 Å². The molecule has 1 aliphatic carbocycles. The van der Waals surface area contributed by atoms with Gasteiger partial charge in [0.15, 0.2) is 5.78 Å². The van der Waals surface area contributed by atoms with Gasteiger partial charge in [0.25, 0.3) is 0 Å². The molecular formula is C29H29NO4. The van der Waals surface area contributed by atoms with E-state index in [0.29, 0.717) is 17.9 Å². The summed E-state index contributed by atoms with van der Waals surface area (Å²) in [6.07, 6.45) is 0.279. The minimum Gasteiger partial charge on any atom is -0.494 e. The summed E-state index contributed by atoms with van der Waals surface area (Å²) in [6, 6.07) is 20.3. The Kier molecular flexibility index (Phi) is 5.43. The van der Waals surface area contributed by atoms with E-state index in [4.69, 9.17) is 9.47 Å². The molecule has 0 amide bonds. The Morgan fingerprint density at radius 1 is 1.06 bits per heavy atom. The van der Waals surface area contributed by atoms with Gasteiger partial charge in [0.1, 0.15) is 11.7 Å². The average molecular weight is 456 g/mol. The van der Waals surface area contributed by atoms with Crippen molar-refractivity contribution in [2.75, 3.05) is 19.0 Å². The molecule has 0 aromatic heterocycles. The van der Waals surface area contributed by atoms with Crippen LogP contribution in [0.3, 0.4) is 0 Å². The Morgan fingerprint density at radius 2 is 1.79 bits per heavy atom. The number of methoxy groups -OCH3 is 1. The van der Waals surface area contributed by atoms with Gasteiger partial charge in [0.2, 0.25) is 0 Å². The summed E-state index contributed by atoms with van der Waals surface area (Å²) in [7, 11) is 1.41. The maximum Gasteiger partial charge on any atom is 0.315 e. The molecule has 5 rings (SSSR count). The van der Waals surface area contributed by atoms with Crippen LogP contribution >= 0.6 is 0 Å². The number of allylic oxidation sites excluding steroid dienone is 1. The number of rotatable bonds is 4. The van der Waals surface area contributed by atoms with E-state index in [1.54, 1.807) is 0 Å². The molecule has 0 saturated carbocycles. The van der Waals surface area contributed by atoms with Gasteiger partial charge in [-0.15, -0.1) is 0 Å². The molecule has 5 heteroatoms. The van der Waals surface area contributed by atoms with Crippen LogP contribution in [0.5, 0.6) is 5.75 Å². The van der Waals surface area contributed by atoms with Crippen LogP contribution in [0, 0.1) is 11.3 Å². The lowest BCUT2D eigenvalue weighted by molar-refractivity contribution is -0.148. The number of benzene rings is 3. The highest BCUT2D eigenvalue weighted by atomic mass is 16.5. The van der Waals surface area contributed by atoms with E-state index in [0.717, 1.165) is 33.3 Å². The molecule has 5 nitrogen and oxygen atoms in total. The number of nitrogens with one attached hydrogen (secondary N) is 1. The first-order chi connectivity index (χ1) is 16.4. The fourth-order valence-electron chi connectivity index (χ4n) is 5.58. The molecule has 2 aliphatic rings. The van der Waals surface area contributed by atoms with Crippen LogP contribution in [0.15, 0.2) is 71.9 Å². The minimum absolute atomic E-state index is 0.0603. The monoisotopic (exact) mass is 455 g/mol. The first-order valence-electron chi connectivity index (χ1n) is 11.7. The number of fused-ring (bicyclic) bond motifs is 3. The van der Waals surface area contributed by atoms with Crippen LogP contribution in [-0.2, 0) is 14.3 Å². The van der Waals surface area contributed by atoms with E-state index in [1.807, 2.05) is 63.2 Å². The van der Waals surface area contributed by atoms with Crippen molar-refractivity contribution in [1.82, 2.24) is 0 Å². The number of anilines is 1. The van der Waals surface area contributed by atoms with Crippen LogP contribution in [-0.4, -0.2) is 25.5 Å². The number of carbonyl (C=O) groups excluding carboxylic acids is 2. The largest absolute Gasteiger partial charge is 0.494 e. The maximum atomic E-state index is 13.7. The highest BCUT2D eigenvalue weighted by Gasteiger charge is 2.50. The molecule has 0 fully saturated rings. The predicted octanol–water partition coefficient (Wildman–Crippen LogP) is 5.84. The number of hydrogen-bond acceptors (Lipinski definition) is 5. The van der Waals surface area contributed by atoms with E-state index in [2.05, 4.69) is 23.5 Å². The molecule has 0 spiro atoms. The number of hydrogen-bond donors (Lipinski definition) is 1. The molecule has 3 aromatic rings. The van der Waals surface area contributed by atoms with E-state index >= 15 is 0 Å². The van der Waals surface area contributed by atoms with Crippen molar-refractivity contribution in [2.24, 2.45) is 11.3 Å². The van der Waals surface area contributed by atoms with Crippen molar-refractivity contribution in [2.45, 2.75) is 33.1 Å². The SMILES string of the molecule is CCOc1ccc([C@@H]2C3=C(Nc4ccc5ccccc5c42)[C@@H](C(=O)OC)C(C)(C)CC3=O)cc1. The third kappa shape index (κ3) is 3.47. The van der Waals surface area contributed by atoms with E-state index in [9.17, 15) is 9.59 Å². The fraction of sp³-hybridized carbons (Fsp3) is 0.310. The van der Waals surface area contributed by atoms with Gasteiger partial charge in [-0.2, -0.15) is 0 Å². The van der Waals surface area contributed by atoms with E-state index in [-0.39, 0.29) is 24.1 Å². The van der Waals surface area contributed by atoms with Crippen molar-refractivity contribution in [3.05, 3.63) is 83.1 Å². The molecule has 0 radical (unpaired) electrons. The first kappa shape index (κ1) is 22.2. The molecule has 0 unspecified atom stereocenters. The number of ketones is 1. The van der Waals surface area contributed by atoms with Crippen molar-refractivity contribution < 1.29 is 19.1 Å². The predicted molar refractivity (Wildman–Crippen MR) is 133 cm³/mol. The molecule has 1 N–H and O–H groups in total. The Bertz CT molecular complexity index is 1320. The summed E-state index contributed by atoms with van der Waals surface area (Å²) in [6.45, 7) is 6.46. The van der Waals surface area contributed by atoms with Crippen molar-refractivity contribution in [3.63, 3.8) is 0 Å². The lowest BCUT2D eigenvalue weighted by Gasteiger charge is -2.44. The van der Waals surface area contributed by atoms with Gasteiger partial charge in [0.05, 0.1) is 13.7 Å². The first-order valence-corrected chi connectivity index (χ1v) is 11.7. The molecule has 0 bridgehead atoms. The van der Waals surface area contributed by atoms with Gasteiger partial charge >= 0.3 is 5.97 Å². The van der Waals surface area contributed by atoms with Crippen LogP contribution in [0.2, 0.25) is 0 Å². The summed E-state index contributed by atoms with van der Waals surface area (Å²) >= 11 is 0. The van der Waals surface area contributed by atoms with Crippen LogP contribution in [0.25, 0.3) is 10.8 Å². The number of ether oxygens (including phenoxy) is 2. The Labute approximate surface area is 199 Å². The van der Waals surface area contributed by atoms with Gasteiger partial charge < -0.3 is 14.8 Å². The summed E-state index contributed by atoms with van der Waals surface area (Å²) in [5.74, 6) is -0.341. The summed E-state index contributed by atoms with van der Waals surface area (Å²) in [4.78, 5) is 26.7. The molecule has 2 atom stereocenters. The molecular weight excluding hydrogens is 426 g/mol. The van der Waals surface area contributed by atoms with Crippen molar-refractivity contribution in [1.29, 1.82) is 0 Å². The molecule has 0 saturated heterocycles. The number of esters is 1. The zero-order valence-electron chi connectivity index (χ0n) is 20.0. The third-order valence-electron chi connectivity index (χ3n) is 7.06. The lowest BCUT2D eigenvalue weighted by atomic mass is 9.63. The second kappa shape index (κ2) is 8.32. The van der Waals surface area contributed by atoms with Gasteiger partial charge in [-0.05, 0) is 52.4 Å². The van der Waals surface area contributed by atoms with Gasteiger partial charge in [-0.1, -0.05) is 56.3 Å². The summed E-state index contributed by atoms with van der Waals surface area (Å²) in [5, 5.41) is 5.70. The van der Waals surface area contributed by atoms with Crippen molar-refractivity contribution in [3.8, 4) is 5.75 Å². The molecule has 1 aliphatic heterocycles. The van der Waals surface area contributed by atoms with E-state index in [1.165, 1.54) is 7.11 Å². The molecule has 3 aromatic carbocycles. The maximum absolute atomic E-state index is 13.7. The minimum atomic E-state index is -0.562. The molecule has 174 valence electrons. The average Bonchev–Trinajstić information content (AvgIpc) is 2.82. The Hall–Kier alpha value is -3.60. The Balaban J connectivity index is 1.79. The zero-order chi connectivity index (χ0) is 24.0. The lowest BCUT2D eigenvalue weighted by Crippen LogP contribution is -2.44. The smallest absolute Gasteiger partial charge is 0.315 e. The van der Waals surface area contributed by atoms with Crippen molar-refractivity contribution >= 4 is 28.2 Å². The highest BCUT2D eigenvalue weighted by Crippen LogP contribution is 2.53. The fourth-order valence-corrected chi connectivity index (χ4v) is 5.58. The number of Topliss-reactive ketones (excluding diaryl/α,β-unsaturated/α-hetero) is 1. The normalized spacial score (nSPS) is 20.9. The quantitative estimate of drug-likeness (QED) is 0.501. The third-order valence-corrected chi connectivity index (χ3v) is 7.06. The summed E-state index contributed by atoms with van der Waals surface area (Å²) < 4.78 is 10.9. The van der Waals surface area contributed by atoms with Crippen LogP contribution in [0.1, 0.15) is 44.2 Å². The standard InChI is InChI=1S/C29H29NO4/c1-5-34-19-13-10-18(11-14-19)23-24-20-9-7-6-8-17(20)12-15-21(24)30-27-25(23)22(31)16-29(2,3)26(27)28(32)33-4/h6-15,23,26,30H,5,16H2,1-4H3/t23-,26-/m0/s1. The molecule has 1 heterocycles.